The van der Waals surface area contributed by atoms with Crippen molar-refractivity contribution in [2.45, 2.75) is 53.0 Å². The second-order valence-corrected chi connectivity index (χ2v) is 8.77. The van der Waals surface area contributed by atoms with Crippen LogP contribution in [0.3, 0.4) is 0 Å². The van der Waals surface area contributed by atoms with Crippen LogP contribution in [0.15, 0.2) is 6.33 Å². The van der Waals surface area contributed by atoms with Gasteiger partial charge in [0.1, 0.15) is 6.33 Å². The predicted octanol–water partition coefficient (Wildman–Crippen LogP) is 2.61. The number of nitro groups is 1. The van der Waals surface area contributed by atoms with Crippen LogP contribution in [0, 0.1) is 20.9 Å². The normalized spacial score (nSPS) is 26.8. The molecule has 2 fully saturated rings. The molecule has 144 valence electrons. The smallest absolute Gasteiger partial charge is 0.353 e. The molecule has 26 heavy (non-hydrogen) atoms. The maximum Gasteiger partial charge on any atom is 0.353 e. The van der Waals surface area contributed by atoms with Crippen LogP contribution in [0.4, 0.5) is 17.3 Å². The van der Waals surface area contributed by atoms with E-state index in [4.69, 9.17) is 0 Å². The van der Waals surface area contributed by atoms with Crippen molar-refractivity contribution in [1.29, 1.82) is 0 Å². The number of rotatable bonds is 6. The van der Waals surface area contributed by atoms with Gasteiger partial charge in [0.05, 0.1) is 11.5 Å². The van der Waals surface area contributed by atoms with Crippen LogP contribution in [0.2, 0.25) is 0 Å². The third-order valence-corrected chi connectivity index (χ3v) is 5.70. The van der Waals surface area contributed by atoms with E-state index in [2.05, 4.69) is 35.6 Å². The van der Waals surface area contributed by atoms with Gasteiger partial charge < -0.3 is 14.9 Å². The van der Waals surface area contributed by atoms with Crippen LogP contribution >= 0.6 is 0 Å². The molecule has 2 bridgehead atoms. The van der Waals surface area contributed by atoms with Gasteiger partial charge in [-0.05, 0) is 37.0 Å². The summed E-state index contributed by atoms with van der Waals surface area (Å²) in [6.45, 7) is 10.3. The van der Waals surface area contributed by atoms with E-state index in [1.54, 1.807) is 4.90 Å². The number of hydrogen-bond donors (Lipinski definition) is 1. The molecule has 1 saturated heterocycles. The highest BCUT2D eigenvalue weighted by Crippen LogP contribution is 2.54. The SMILES string of the molecule is CCN(CCO)c1ncnc(N2CC3(C)CC2CC(C)(C)C3)c1[N+](=O)[O-]. The Bertz CT molecular complexity index is 695. The van der Waals surface area contributed by atoms with E-state index < -0.39 is 0 Å². The highest BCUT2D eigenvalue weighted by atomic mass is 16.6. The summed E-state index contributed by atoms with van der Waals surface area (Å²) in [5, 5.41) is 21.2. The molecule has 2 atom stereocenters. The largest absolute Gasteiger partial charge is 0.395 e. The number of aromatic nitrogens is 2. The minimum atomic E-state index is -0.375. The molecule has 1 aromatic rings. The summed E-state index contributed by atoms with van der Waals surface area (Å²) in [4.78, 5) is 24.0. The first-order valence-corrected chi connectivity index (χ1v) is 9.31. The fourth-order valence-corrected chi connectivity index (χ4v) is 5.21. The molecule has 1 N–H and O–H groups in total. The van der Waals surface area contributed by atoms with Crippen molar-refractivity contribution in [2.24, 2.45) is 10.8 Å². The number of nitrogens with zero attached hydrogens (tertiary/aromatic N) is 5. The first-order valence-electron chi connectivity index (χ1n) is 9.31. The quantitative estimate of drug-likeness (QED) is 0.613. The van der Waals surface area contributed by atoms with Crippen molar-refractivity contribution in [3.05, 3.63) is 16.4 Å². The van der Waals surface area contributed by atoms with E-state index in [1.165, 1.54) is 6.33 Å². The van der Waals surface area contributed by atoms with Crippen LogP contribution in [0.5, 0.6) is 0 Å². The summed E-state index contributed by atoms with van der Waals surface area (Å²) >= 11 is 0. The minimum absolute atomic E-state index is 0.0447. The van der Waals surface area contributed by atoms with Crippen molar-refractivity contribution < 1.29 is 10.0 Å². The number of anilines is 2. The Morgan fingerprint density at radius 2 is 2.12 bits per heavy atom. The van der Waals surface area contributed by atoms with Gasteiger partial charge in [-0.1, -0.05) is 20.8 Å². The van der Waals surface area contributed by atoms with Crippen molar-refractivity contribution in [2.75, 3.05) is 36.0 Å². The number of aliphatic hydroxyl groups is 1. The fraction of sp³-hybridized carbons (Fsp3) is 0.778. The van der Waals surface area contributed by atoms with Gasteiger partial charge in [0.25, 0.3) is 0 Å². The minimum Gasteiger partial charge on any atom is -0.395 e. The third kappa shape index (κ3) is 3.34. The van der Waals surface area contributed by atoms with Gasteiger partial charge in [-0.3, -0.25) is 10.1 Å². The number of hydrogen-bond acceptors (Lipinski definition) is 7. The van der Waals surface area contributed by atoms with Gasteiger partial charge in [-0.2, -0.15) is 0 Å². The van der Waals surface area contributed by atoms with Gasteiger partial charge in [0.2, 0.25) is 11.6 Å². The van der Waals surface area contributed by atoms with E-state index >= 15 is 0 Å². The zero-order valence-corrected chi connectivity index (χ0v) is 16.1. The number of likely N-dealkylation sites (N-methyl/N-ethyl adjacent to an activating group) is 1. The molecule has 1 saturated carbocycles. The van der Waals surface area contributed by atoms with E-state index in [-0.39, 0.29) is 34.1 Å². The molecule has 1 aliphatic carbocycles. The Morgan fingerprint density at radius 1 is 1.38 bits per heavy atom. The van der Waals surface area contributed by atoms with Crippen molar-refractivity contribution in [1.82, 2.24) is 9.97 Å². The first kappa shape index (κ1) is 18.8. The highest BCUT2D eigenvalue weighted by molar-refractivity contribution is 5.72. The first-order chi connectivity index (χ1) is 12.2. The van der Waals surface area contributed by atoms with Gasteiger partial charge in [-0.25, -0.2) is 9.97 Å². The fourth-order valence-electron chi connectivity index (χ4n) is 5.21. The zero-order valence-electron chi connectivity index (χ0n) is 16.1. The molecule has 2 unspecified atom stereocenters. The molecular weight excluding hydrogens is 334 g/mol. The second-order valence-electron chi connectivity index (χ2n) is 8.77. The molecule has 2 heterocycles. The summed E-state index contributed by atoms with van der Waals surface area (Å²) in [6.07, 6.45) is 4.58. The number of aliphatic hydroxyl groups excluding tert-OH is 1. The predicted molar refractivity (Wildman–Crippen MR) is 101 cm³/mol. The lowest BCUT2D eigenvalue weighted by Crippen LogP contribution is -2.35. The van der Waals surface area contributed by atoms with E-state index in [0.29, 0.717) is 24.7 Å². The molecular formula is C18H29N5O3. The van der Waals surface area contributed by atoms with Gasteiger partial charge in [0.15, 0.2) is 0 Å². The molecule has 1 aliphatic heterocycles. The van der Waals surface area contributed by atoms with Crippen LogP contribution < -0.4 is 9.80 Å². The Labute approximate surface area is 154 Å². The maximum atomic E-state index is 11.9. The average molecular weight is 363 g/mol. The molecule has 8 heteroatoms. The Kier molecular flexibility index (Phi) is 4.81. The lowest BCUT2D eigenvalue weighted by molar-refractivity contribution is -0.383. The van der Waals surface area contributed by atoms with Crippen molar-refractivity contribution in [3.63, 3.8) is 0 Å². The summed E-state index contributed by atoms with van der Waals surface area (Å²) in [7, 11) is 0. The molecule has 0 radical (unpaired) electrons. The maximum absolute atomic E-state index is 11.9. The van der Waals surface area contributed by atoms with Crippen LogP contribution in [-0.2, 0) is 0 Å². The second kappa shape index (κ2) is 6.64. The van der Waals surface area contributed by atoms with Crippen molar-refractivity contribution in [3.8, 4) is 0 Å². The molecule has 0 amide bonds. The lowest BCUT2D eigenvalue weighted by Gasteiger charge is -2.39. The average Bonchev–Trinajstić information content (AvgIpc) is 2.80. The molecule has 1 aromatic heterocycles. The van der Waals surface area contributed by atoms with Gasteiger partial charge >= 0.3 is 5.69 Å². The van der Waals surface area contributed by atoms with Crippen LogP contribution in [0.1, 0.15) is 47.0 Å². The summed E-state index contributed by atoms with van der Waals surface area (Å²) in [5.41, 5.74) is 0.335. The summed E-state index contributed by atoms with van der Waals surface area (Å²) in [5.74, 6) is 0.713. The van der Waals surface area contributed by atoms with E-state index in [0.717, 1.165) is 25.8 Å². The highest BCUT2D eigenvalue weighted by Gasteiger charge is 2.51. The molecule has 3 rings (SSSR count). The Morgan fingerprint density at radius 3 is 2.73 bits per heavy atom. The standard InChI is InChI=1S/C18H29N5O3/c1-5-21(6-7-24)15-14(23(25)26)16(20-12-19-15)22-11-18(4)9-13(22)8-17(2,3)10-18/h12-13,24H,5-11H2,1-4H3. The van der Waals surface area contributed by atoms with E-state index in [9.17, 15) is 15.2 Å². The summed E-state index contributed by atoms with van der Waals surface area (Å²) in [6, 6.07) is 0.262. The van der Waals surface area contributed by atoms with Gasteiger partial charge in [-0.15, -0.1) is 0 Å². The molecule has 0 spiro atoms. The van der Waals surface area contributed by atoms with Crippen LogP contribution in [-0.4, -0.2) is 52.3 Å². The van der Waals surface area contributed by atoms with Gasteiger partial charge in [0, 0.05) is 25.7 Å². The number of fused-ring (bicyclic) bond motifs is 2. The third-order valence-electron chi connectivity index (χ3n) is 5.70. The Balaban J connectivity index is 2.05. The molecule has 2 aliphatic rings. The zero-order chi connectivity index (χ0) is 19.1. The van der Waals surface area contributed by atoms with Crippen LogP contribution in [0.25, 0.3) is 0 Å². The molecule has 0 aromatic carbocycles. The van der Waals surface area contributed by atoms with Crippen molar-refractivity contribution >= 4 is 17.3 Å². The Hall–Kier alpha value is -1.96. The lowest BCUT2D eigenvalue weighted by atomic mass is 9.65. The van der Waals surface area contributed by atoms with E-state index in [1.807, 2.05) is 6.92 Å². The topological polar surface area (TPSA) is 95.6 Å². The summed E-state index contributed by atoms with van der Waals surface area (Å²) < 4.78 is 0. The molecule has 8 nitrogen and oxygen atoms in total. The monoisotopic (exact) mass is 363 g/mol.